The maximum atomic E-state index is 13.4. The first kappa shape index (κ1) is 26.7. The molecule has 2 N–H and O–H groups in total. The average molecular weight is 537 g/mol. The number of hydrogen-bond acceptors (Lipinski definition) is 5. The van der Waals surface area contributed by atoms with Crippen LogP contribution in [0, 0.1) is 0 Å². The van der Waals surface area contributed by atoms with Gasteiger partial charge in [-0.2, -0.15) is 23.4 Å². The van der Waals surface area contributed by atoms with Crippen LogP contribution in [0.3, 0.4) is 0 Å². The van der Waals surface area contributed by atoms with Crippen LogP contribution in [0.15, 0.2) is 71.8 Å². The van der Waals surface area contributed by atoms with E-state index in [0.29, 0.717) is 45.5 Å². The van der Waals surface area contributed by atoms with E-state index in [1.807, 2.05) is 47.4 Å². The first-order chi connectivity index (χ1) is 18.8. The maximum Gasteiger partial charge on any atom is 0.408 e. The Labute approximate surface area is 224 Å². The van der Waals surface area contributed by atoms with E-state index in [9.17, 15) is 18.0 Å². The zero-order valence-corrected chi connectivity index (χ0v) is 21.6. The van der Waals surface area contributed by atoms with Gasteiger partial charge in [0.25, 0.3) is 5.56 Å². The molecule has 0 radical (unpaired) electrons. The molecule has 2 aromatic heterocycles. The van der Waals surface area contributed by atoms with Crippen molar-refractivity contribution in [2.75, 3.05) is 18.0 Å². The fraction of sp³-hybridized carbons (Fsp3) is 0.345. The van der Waals surface area contributed by atoms with Gasteiger partial charge in [0.05, 0.1) is 16.8 Å². The van der Waals surface area contributed by atoms with Gasteiger partial charge in [-0.3, -0.25) is 9.48 Å². The number of unbranched alkanes of at least 4 members (excludes halogenated alkanes) is 3. The summed E-state index contributed by atoms with van der Waals surface area (Å²) in [6.45, 7) is 0.789. The number of alkyl halides is 3. The summed E-state index contributed by atoms with van der Waals surface area (Å²) in [6.07, 6.45) is 6.32. The molecule has 0 saturated heterocycles. The van der Waals surface area contributed by atoms with Gasteiger partial charge in [-0.1, -0.05) is 43.2 Å². The van der Waals surface area contributed by atoms with Crippen molar-refractivity contribution in [2.45, 2.75) is 51.4 Å². The summed E-state index contributed by atoms with van der Waals surface area (Å²) in [4.78, 5) is 15.4. The fourth-order valence-corrected chi connectivity index (χ4v) is 4.89. The molecule has 0 bridgehead atoms. The summed E-state index contributed by atoms with van der Waals surface area (Å²) in [5, 5.41) is 9.46. The molecule has 0 saturated carbocycles. The Morgan fingerprint density at radius 3 is 2.46 bits per heavy atom. The lowest BCUT2D eigenvalue weighted by Crippen LogP contribution is -2.31. The standard InChI is InChI=1S/C29H31F3N6O/c30-29(31,32)20-38-28(39)24(18-27(35-38)21-10-12-22(13-11-21)36-15-5-6-16-36)23-8-7-9-26-25(23)19-37(34-26)17-4-2-1-3-14-33/h5,7-13,15,18-19H,1-4,6,14,16-17,20,33H2. The van der Waals surface area contributed by atoms with Crippen LogP contribution >= 0.6 is 0 Å². The topological polar surface area (TPSA) is 82.0 Å². The molecule has 0 aliphatic carbocycles. The van der Waals surface area contributed by atoms with Gasteiger partial charge in [0.1, 0.15) is 6.54 Å². The molecule has 0 atom stereocenters. The first-order valence-electron chi connectivity index (χ1n) is 13.2. The van der Waals surface area contributed by atoms with Crippen LogP contribution in [0.1, 0.15) is 32.1 Å². The van der Waals surface area contributed by atoms with E-state index < -0.39 is 18.3 Å². The number of benzene rings is 2. The van der Waals surface area contributed by atoms with Crippen molar-refractivity contribution in [3.05, 3.63) is 77.4 Å². The number of aryl methyl sites for hydroxylation is 1. The number of aromatic nitrogens is 4. The molecule has 0 amide bonds. The average Bonchev–Trinajstić information content (AvgIpc) is 3.59. The summed E-state index contributed by atoms with van der Waals surface area (Å²) in [7, 11) is 0. The van der Waals surface area contributed by atoms with Crippen molar-refractivity contribution in [3.8, 4) is 22.4 Å². The van der Waals surface area contributed by atoms with Gasteiger partial charge in [-0.05, 0) is 55.6 Å². The number of hydrogen-bond donors (Lipinski definition) is 1. The molecule has 10 heteroatoms. The Morgan fingerprint density at radius 1 is 0.949 bits per heavy atom. The second-order valence-electron chi connectivity index (χ2n) is 9.77. The van der Waals surface area contributed by atoms with Gasteiger partial charge in [0, 0.05) is 42.1 Å². The highest BCUT2D eigenvalue weighted by molar-refractivity contribution is 5.94. The van der Waals surface area contributed by atoms with Crippen LogP contribution in [0.25, 0.3) is 33.3 Å². The summed E-state index contributed by atoms with van der Waals surface area (Å²) in [6, 6.07) is 14.4. The molecule has 1 aliphatic rings. The minimum atomic E-state index is -4.60. The van der Waals surface area contributed by atoms with Gasteiger partial charge in [-0.25, -0.2) is 4.68 Å². The molecule has 204 valence electrons. The molecule has 39 heavy (non-hydrogen) atoms. The van der Waals surface area contributed by atoms with Gasteiger partial charge in [0.15, 0.2) is 0 Å². The smallest absolute Gasteiger partial charge is 0.348 e. The minimum absolute atomic E-state index is 0.156. The number of halogens is 3. The van der Waals surface area contributed by atoms with Gasteiger partial charge < -0.3 is 10.6 Å². The zero-order valence-electron chi connectivity index (χ0n) is 21.6. The summed E-state index contributed by atoms with van der Waals surface area (Å²) >= 11 is 0. The second-order valence-corrected chi connectivity index (χ2v) is 9.77. The predicted molar refractivity (Wildman–Crippen MR) is 147 cm³/mol. The van der Waals surface area contributed by atoms with Crippen LogP contribution in [0.4, 0.5) is 18.9 Å². The molecule has 3 heterocycles. The summed E-state index contributed by atoms with van der Waals surface area (Å²) in [5.74, 6) is 0. The number of anilines is 1. The van der Waals surface area contributed by atoms with Crippen LogP contribution in [-0.2, 0) is 13.1 Å². The van der Waals surface area contributed by atoms with E-state index in [1.165, 1.54) is 0 Å². The first-order valence-corrected chi connectivity index (χ1v) is 13.2. The lowest BCUT2D eigenvalue weighted by Gasteiger charge is -2.16. The summed E-state index contributed by atoms with van der Waals surface area (Å²) in [5.41, 5.74) is 8.04. The minimum Gasteiger partial charge on any atom is -0.348 e. The zero-order chi connectivity index (χ0) is 27.4. The van der Waals surface area contributed by atoms with Crippen molar-refractivity contribution in [2.24, 2.45) is 5.73 Å². The van der Waals surface area contributed by atoms with Crippen LogP contribution < -0.4 is 16.2 Å². The van der Waals surface area contributed by atoms with Crippen LogP contribution in [0.5, 0.6) is 0 Å². The number of nitrogens with zero attached hydrogens (tertiary/aromatic N) is 5. The normalized spacial score (nSPS) is 13.6. The summed E-state index contributed by atoms with van der Waals surface area (Å²) < 4.78 is 42.7. The fourth-order valence-electron chi connectivity index (χ4n) is 4.89. The third-order valence-corrected chi connectivity index (χ3v) is 6.85. The monoisotopic (exact) mass is 536 g/mol. The highest BCUT2D eigenvalue weighted by Gasteiger charge is 2.30. The molecule has 7 nitrogen and oxygen atoms in total. The van der Waals surface area contributed by atoms with E-state index in [1.54, 1.807) is 18.2 Å². The maximum absolute atomic E-state index is 13.4. The van der Waals surface area contributed by atoms with E-state index in [2.05, 4.69) is 21.2 Å². The van der Waals surface area contributed by atoms with Crippen molar-refractivity contribution >= 4 is 16.6 Å². The quantitative estimate of drug-likeness (QED) is 0.262. The van der Waals surface area contributed by atoms with Crippen molar-refractivity contribution in [3.63, 3.8) is 0 Å². The molecular formula is C29H31F3N6O. The highest BCUT2D eigenvalue weighted by atomic mass is 19.4. The largest absolute Gasteiger partial charge is 0.408 e. The third kappa shape index (κ3) is 6.22. The number of nitrogens with two attached hydrogens (primary N) is 1. The second kappa shape index (κ2) is 11.4. The SMILES string of the molecule is NCCCCCCn1cc2c(-c3cc(-c4ccc(N5C=CCC5)cc4)nn(CC(F)(F)F)c3=O)cccc2n1. The Bertz CT molecular complexity index is 1520. The lowest BCUT2D eigenvalue weighted by molar-refractivity contribution is -0.143. The molecule has 0 fully saturated rings. The molecule has 5 rings (SSSR count). The molecule has 1 aliphatic heterocycles. The molecule has 4 aromatic rings. The number of fused-ring (bicyclic) bond motifs is 1. The molecule has 2 aromatic carbocycles. The van der Waals surface area contributed by atoms with E-state index >= 15 is 0 Å². The van der Waals surface area contributed by atoms with Gasteiger partial charge >= 0.3 is 6.18 Å². The van der Waals surface area contributed by atoms with Crippen molar-refractivity contribution in [1.29, 1.82) is 0 Å². The van der Waals surface area contributed by atoms with Crippen LogP contribution in [0.2, 0.25) is 0 Å². The van der Waals surface area contributed by atoms with Gasteiger partial charge in [-0.15, -0.1) is 0 Å². The molecule has 0 unspecified atom stereocenters. The van der Waals surface area contributed by atoms with E-state index in [-0.39, 0.29) is 5.56 Å². The lowest BCUT2D eigenvalue weighted by atomic mass is 10.0. The van der Waals surface area contributed by atoms with Gasteiger partial charge in [0.2, 0.25) is 0 Å². The third-order valence-electron chi connectivity index (χ3n) is 6.85. The molecular weight excluding hydrogens is 505 g/mol. The Hall–Kier alpha value is -3.92. The van der Waals surface area contributed by atoms with E-state index in [0.717, 1.165) is 44.3 Å². The predicted octanol–water partition coefficient (Wildman–Crippen LogP) is 5.73. The van der Waals surface area contributed by atoms with Crippen molar-refractivity contribution < 1.29 is 13.2 Å². The number of rotatable bonds is 10. The Kier molecular flexibility index (Phi) is 7.83. The van der Waals surface area contributed by atoms with E-state index in [4.69, 9.17) is 5.73 Å². The Balaban J connectivity index is 1.53. The Morgan fingerprint density at radius 2 is 1.74 bits per heavy atom. The van der Waals surface area contributed by atoms with Crippen molar-refractivity contribution in [1.82, 2.24) is 19.6 Å². The molecule has 0 spiro atoms. The van der Waals surface area contributed by atoms with Crippen LogP contribution in [-0.4, -0.2) is 38.8 Å². The highest BCUT2D eigenvalue weighted by Crippen LogP contribution is 2.30.